The number of aryl methyl sites for hydroxylation is 1. The average molecular weight is 493 g/mol. The third-order valence-electron chi connectivity index (χ3n) is 5.95. The highest BCUT2D eigenvalue weighted by Crippen LogP contribution is 2.32. The van der Waals surface area contributed by atoms with Crippen molar-refractivity contribution in [2.24, 2.45) is 12.0 Å². The van der Waals surface area contributed by atoms with Gasteiger partial charge >= 0.3 is 0 Å². The molecule has 4 aromatic rings. The van der Waals surface area contributed by atoms with Crippen LogP contribution in [0.5, 0.6) is 11.5 Å². The number of carbonyl (C=O) groups excluding carboxylic acids is 1. The number of benzene rings is 1. The predicted octanol–water partition coefficient (Wildman–Crippen LogP) is 1.47. The zero-order valence-electron chi connectivity index (χ0n) is 19.8. The molecular formula is C24H24FN7O4. The monoisotopic (exact) mass is 493 g/mol. The van der Waals surface area contributed by atoms with Gasteiger partial charge in [-0.25, -0.2) is 14.4 Å². The van der Waals surface area contributed by atoms with E-state index in [9.17, 15) is 9.90 Å². The van der Waals surface area contributed by atoms with Gasteiger partial charge in [-0.05, 0) is 12.1 Å². The Hall–Kier alpha value is -4.32. The highest BCUT2D eigenvalue weighted by Gasteiger charge is 2.30. The molecule has 2 atom stereocenters. The maximum atomic E-state index is 15.1. The van der Waals surface area contributed by atoms with Crippen molar-refractivity contribution in [1.82, 2.24) is 29.6 Å². The first kappa shape index (κ1) is 23.4. The van der Waals surface area contributed by atoms with Crippen molar-refractivity contribution in [3.63, 3.8) is 0 Å². The Labute approximate surface area is 204 Å². The predicted molar refractivity (Wildman–Crippen MR) is 127 cm³/mol. The van der Waals surface area contributed by atoms with Gasteiger partial charge in [-0.3, -0.25) is 14.5 Å². The molecule has 11 nitrogen and oxygen atoms in total. The van der Waals surface area contributed by atoms with Gasteiger partial charge in [-0.2, -0.15) is 5.10 Å². The minimum atomic E-state index is -1.09. The van der Waals surface area contributed by atoms with Gasteiger partial charge in [0.15, 0.2) is 17.2 Å². The lowest BCUT2D eigenvalue weighted by atomic mass is 10.2. The third kappa shape index (κ3) is 4.38. The largest absolute Gasteiger partial charge is 0.497 e. The zero-order valence-corrected chi connectivity index (χ0v) is 19.8. The summed E-state index contributed by atoms with van der Waals surface area (Å²) < 4.78 is 28.9. The van der Waals surface area contributed by atoms with Gasteiger partial charge in [0.05, 0.1) is 32.3 Å². The molecular weight excluding hydrogens is 469 g/mol. The van der Waals surface area contributed by atoms with E-state index >= 15 is 4.39 Å². The Balaban J connectivity index is 1.72. The molecule has 0 saturated carbocycles. The van der Waals surface area contributed by atoms with E-state index in [2.05, 4.69) is 20.4 Å². The molecule has 1 saturated heterocycles. The smallest absolute Gasteiger partial charge is 0.249 e. The van der Waals surface area contributed by atoms with E-state index in [-0.39, 0.29) is 30.4 Å². The van der Waals surface area contributed by atoms with Crippen LogP contribution >= 0.6 is 0 Å². The van der Waals surface area contributed by atoms with E-state index < -0.39 is 17.8 Å². The van der Waals surface area contributed by atoms with Crippen molar-refractivity contribution >= 4 is 22.8 Å². The number of nitrogens with one attached hydrogen (secondary N) is 1. The van der Waals surface area contributed by atoms with Crippen molar-refractivity contribution < 1.29 is 23.8 Å². The molecule has 1 aromatic carbocycles. The molecule has 36 heavy (non-hydrogen) atoms. The number of rotatable bonds is 6. The Morgan fingerprint density at radius 3 is 2.75 bits per heavy atom. The summed E-state index contributed by atoms with van der Waals surface area (Å²) in [5.41, 5.74) is 2.79. The molecule has 12 heteroatoms. The van der Waals surface area contributed by atoms with Crippen molar-refractivity contribution in [3.8, 4) is 22.8 Å². The Kier molecular flexibility index (Phi) is 6.10. The number of aromatic nitrogens is 5. The highest BCUT2D eigenvalue weighted by atomic mass is 19.1. The lowest BCUT2D eigenvalue weighted by molar-refractivity contribution is -0.126. The number of fused-ring (bicyclic) bond motifs is 1. The van der Waals surface area contributed by atoms with E-state index in [1.54, 1.807) is 40.8 Å². The number of methoxy groups -OCH3 is 2. The lowest BCUT2D eigenvalue weighted by Crippen LogP contribution is -2.34. The van der Waals surface area contributed by atoms with Crippen LogP contribution in [0.15, 0.2) is 47.8 Å². The normalized spacial score (nSPS) is 18.0. The number of halogens is 1. The van der Waals surface area contributed by atoms with E-state index in [1.807, 2.05) is 6.20 Å². The first-order valence-electron chi connectivity index (χ1n) is 11.2. The fraction of sp³-hybridized carbons (Fsp3) is 0.292. The van der Waals surface area contributed by atoms with E-state index in [4.69, 9.17) is 14.5 Å². The standard InChI is InChI=1S/C24H24FN7O4/c1-31-11-13(9-27-31)18-10-26-16-4-5-21(29-17-7-15(35-2)8-20(36-3)22(17)25)32(23(16)30-18)12-14-6-19(33)24(34)28-14/h4-5,7-11,14,19,33H,6,12H2,1-3H3,(H,28,34). The van der Waals surface area contributed by atoms with Crippen LogP contribution < -0.4 is 20.3 Å². The van der Waals surface area contributed by atoms with Crippen molar-refractivity contribution in [3.05, 3.63) is 54.2 Å². The number of hydrogen-bond acceptors (Lipinski definition) is 8. The van der Waals surface area contributed by atoms with Crippen LogP contribution in [0.1, 0.15) is 6.42 Å². The maximum absolute atomic E-state index is 15.1. The summed E-state index contributed by atoms with van der Waals surface area (Å²) >= 11 is 0. The topological polar surface area (TPSA) is 129 Å². The molecule has 0 bridgehead atoms. The van der Waals surface area contributed by atoms with E-state index in [0.717, 1.165) is 5.56 Å². The number of nitrogens with zero attached hydrogens (tertiary/aromatic N) is 6. The van der Waals surface area contributed by atoms with Crippen LogP contribution in [0.3, 0.4) is 0 Å². The number of aliphatic hydroxyl groups excluding tert-OH is 1. The van der Waals surface area contributed by atoms with Crippen LogP contribution in [0.4, 0.5) is 10.1 Å². The fourth-order valence-electron chi connectivity index (χ4n) is 4.13. The van der Waals surface area contributed by atoms with E-state index in [1.165, 1.54) is 26.4 Å². The Morgan fingerprint density at radius 2 is 2.08 bits per heavy atom. The van der Waals surface area contributed by atoms with Gasteiger partial charge in [0, 0.05) is 49.9 Å². The number of aliphatic hydroxyl groups is 1. The second-order valence-corrected chi connectivity index (χ2v) is 8.40. The molecule has 2 N–H and O–H groups in total. The second-order valence-electron chi connectivity index (χ2n) is 8.40. The summed E-state index contributed by atoms with van der Waals surface area (Å²) in [6.45, 7) is 0.229. The number of hydrogen-bond donors (Lipinski definition) is 2. The van der Waals surface area contributed by atoms with Crippen molar-refractivity contribution in [2.75, 3.05) is 14.2 Å². The second kappa shape index (κ2) is 9.38. The summed E-state index contributed by atoms with van der Waals surface area (Å²) in [5.74, 6) is -0.718. The number of pyridine rings is 1. The number of ether oxygens (including phenoxy) is 2. The van der Waals surface area contributed by atoms with Gasteiger partial charge in [-0.1, -0.05) is 0 Å². The van der Waals surface area contributed by atoms with Gasteiger partial charge in [-0.15, -0.1) is 0 Å². The summed E-state index contributed by atoms with van der Waals surface area (Å²) in [4.78, 5) is 25.8. The molecule has 0 aliphatic carbocycles. The summed E-state index contributed by atoms with van der Waals surface area (Å²) in [5, 5.41) is 16.9. The number of amides is 1. The summed E-state index contributed by atoms with van der Waals surface area (Å²) in [6.07, 6.45) is 4.27. The van der Waals surface area contributed by atoms with Crippen LogP contribution in [0.25, 0.3) is 22.4 Å². The number of carbonyl (C=O) groups is 1. The maximum Gasteiger partial charge on any atom is 0.249 e. The first-order valence-corrected chi connectivity index (χ1v) is 11.2. The molecule has 1 amide bonds. The van der Waals surface area contributed by atoms with Crippen molar-refractivity contribution in [2.45, 2.75) is 25.1 Å². The molecule has 0 radical (unpaired) electrons. The molecule has 3 aromatic heterocycles. The molecule has 2 unspecified atom stereocenters. The van der Waals surface area contributed by atoms with Crippen LogP contribution in [-0.4, -0.2) is 61.7 Å². The average Bonchev–Trinajstić information content (AvgIpc) is 3.45. The summed E-state index contributed by atoms with van der Waals surface area (Å²) in [7, 11) is 4.64. The third-order valence-corrected chi connectivity index (χ3v) is 5.95. The van der Waals surface area contributed by atoms with Crippen LogP contribution in [-0.2, 0) is 18.4 Å². The molecule has 186 valence electrons. The Morgan fingerprint density at radius 1 is 1.25 bits per heavy atom. The lowest BCUT2D eigenvalue weighted by Gasteiger charge is -2.16. The summed E-state index contributed by atoms with van der Waals surface area (Å²) in [6, 6.07) is 5.95. The fourth-order valence-corrected chi connectivity index (χ4v) is 4.13. The van der Waals surface area contributed by atoms with Crippen LogP contribution in [0, 0.1) is 5.82 Å². The molecule has 1 aliphatic rings. The molecule has 5 rings (SSSR count). The first-order chi connectivity index (χ1) is 17.4. The van der Waals surface area contributed by atoms with Gasteiger partial charge in [0.25, 0.3) is 0 Å². The zero-order chi connectivity index (χ0) is 25.4. The van der Waals surface area contributed by atoms with E-state index in [0.29, 0.717) is 28.1 Å². The van der Waals surface area contributed by atoms with Gasteiger partial charge < -0.3 is 24.5 Å². The molecule has 4 heterocycles. The van der Waals surface area contributed by atoms with Gasteiger partial charge in [0.2, 0.25) is 5.91 Å². The molecule has 1 aliphatic heterocycles. The quantitative estimate of drug-likeness (QED) is 0.416. The minimum absolute atomic E-state index is 0.00571. The minimum Gasteiger partial charge on any atom is -0.497 e. The van der Waals surface area contributed by atoms with Crippen molar-refractivity contribution in [1.29, 1.82) is 0 Å². The van der Waals surface area contributed by atoms with Crippen LogP contribution in [0.2, 0.25) is 0 Å². The SMILES string of the molecule is COc1cc(N=c2ccc3ncc(-c4cnn(C)c4)nc3n2CC2CC(O)C(=O)N2)c(F)c(OC)c1. The highest BCUT2D eigenvalue weighted by molar-refractivity contribution is 5.83. The van der Waals surface area contributed by atoms with Gasteiger partial charge in [0.1, 0.15) is 28.5 Å². The molecule has 0 spiro atoms. The molecule has 1 fully saturated rings. The Bertz CT molecular complexity index is 1530.